The van der Waals surface area contributed by atoms with Gasteiger partial charge in [-0.3, -0.25) is 0 Å². The van der Waals surface area contributed by atoms with Crippen molar-refractivity contribution in [1.29, 1.82) is 0 Å². The highest BCUT2D eigenvalue weighted by Crippen LogP contribution is 2.38. The van der Waals surface area contributed by atoms with Gasteiger partial charge in [0.15, 0.2) is 15.7 Å². The molecule has 7 heteroatoms. The molecule has 0 radical (unpaired) electrons. The summed E-state index contributed by atoms with van der Waals surface area (Å²) in [5.74, 6) is 0. The third kappa shape index (κ3) is 19.6. The monoisotopic (exact) mass is 444 g/mol. The molecule has 0 amide bonds. The molecular formula is C20H49ClO4Si2. The molecule has 0 atom stereocenters. The Morgan fingerprint density at radius 2 is 0.963 bits per heavy atom. The lowest BCUT2D eigenvalue weighted by molar-refractivity contribution is 0.0183. The summed E-state index contributed by atoms with van der Waals surface area (Å²) < 4.78 is 5.85. The fourth-order valence-electron chi connectivity index (χ4n) is 0.574. The van der Waals surface area contributed by atoms with E-state index >= 15 is 0 Å². The lowest BCUT2D eigenvalue weighted by Crippen LogP contribution is -2.44. The van der Waals surface area contributed by atoms with Gasteiger partial charge in [-0.1, -0.05) is 54.6 Å². The Balaban J connectivity index is -0.000000351. The van der Waals surface area contributed by atoms with Crippen molar-refractivity contribution in [3.05, 3.63) is 0 Å². The number of aliphatic hydroxyl groups excluding tert-OH is 1. The number of aliphatic hydroxyl groups is 3. The van der Waals surface area contributed by atoms with Crippen LogP contribution in [0, 0.1) is 0 Å². The van der Waals surface area contributed by atoms with Crippen molar-refractivity contribution < 1.29 is 19.7 Å². The van der Waals surface area contributed by atoms with Gasteiger partial charge in [-0.05, 0) is 50.9 Å². The molecule has 168 valence electrons. The van der Waals surface area contributed by atoms with Crippen LogP contribution in [0.5, 0.6) is 0 Å². The van der Waals surface area contributed by atoms with Gasteiger partial charge in [0, 0.05) is 0 Å². The molecule has 0 spiro atoms. The maximum atomic E-state index is 9.54. The normalized spacial score (nSPS) is 14.0. The molecule has 0 saturated heterocycles. The summed E-state index contributed by atoms with van der Waals surface area (Å²) in [6, 6.07) is 0. The van der Waals surface area contributed by atoms with E-state index in [9.17, 15) is 5.11 Å². The summed E-state index contributed by atoms with van der Waals surface area (Å²) in [7, 11) is -3.06. The zero-order valence-corrected chi connectivity index (χ0v) is 23.3. The average Bonchev–Trinajstić information content (AvgIpc) is 2.32. The lowest BCUT2D eigenvalue weighted by atomic mass is 10.2. The predicted molar refractivity (Wildman–Crippen MR) is 126 cm³/mol. The minimum Gasteiger partial charge on any atom is -0.414 e. The van der Waals surface area contributed by atoms with Gasteiger partial charge in [0.05, 0.1) is 24.4 Å². The zero-order valence-electron chi connectivity index (χ0n) is 20.5. The third-order valence-corrected chi connectivity index (χ3v) is 14.5. The Morgan fingerprint density at radius 1 is 0.704 bits per heavy atom. The molecule has 0 bridgehead atoms. The Bertz CT molecular complexity index is 381. The van der Waals surface area contributed by atoms with Crippen molar-refractivity contribution in [2.75, 3.05) is 13.2 Å². The molecule has 4 nitrogen and oxygen atoms in total. The Kier molecular flexibility index (Phi) is 13.2. The van der Waals surface area contributed by atoms with E-state index in [2.05, 4.69) is 67.7 Å². The van der Waals surface area contributed by atoms with Gasteiger partial charge in [-0.15, -0.1) is 0 Å². The molecule has 0 unspecified atom stereocenters. The van der Waals surface area contributed by atoms with Crippen LogP contribution in [0.4, 0.5) is 0 Å². The highest BCUT2D eigenvalue weighted by Gasteiger charge is 2.38. The zero-order chi connectivity index (χ0) is 23.1. The predicted octanol–water partition coefficient (Wildman–Crippen LogP) is 5.76. The van der Waals surface area contributed by atoms with Gasteiger partial charge in [0.25, 0.3) is 0 Å². The standard InChI is InChI=1S/C10H24O2Si.C6H15ClSi.C4H10O2/c1-9(2,3)13(6,7)12-8-10(4,5)11;1-6(2,3)8(4,5)7;1-4(2,6)3-5/h11H,8H2,1-7H3;1-5H3;5-6H,3H2,1-2H3. The second-order valence-electron chi connectivity index (χ2n) is 11.6. The van der Waals surface area contributed by atoms with Crippen molar-refractivity contribution in [3.63, 3.8) is 0 Å². The highest BCUT2D eigenvalue weighted by molar-refractivity contribution is 7.20. The van der Waals surface area contributed by atoms with E-state index in [1.807, 2.05) is 0 Å². The summed E-state index contributed by atoms with van der Waals surface area (Å²) in [5, 5.41) is 26.8. The van der Waals surface area contributed by atoms with Gasteiger partial charge >= 0.3 is 0 Å². The van der Waals surface area contributed by atoms with E-state index in [-0.39, 0.29) is 11.6 Å². The van der Waals surface area contributed by atoms with Crippen LogP contribution in [-0.2, 0) is 4.43 Å². The molecule has 0 aromatic carbocycles. The molecule has 27 heavy (non-hydrogen) atoms. The molecule has 3 N–H and O–H groups in total. The fraction of sp³-hybridized carbons (Fsp3) is 1.00. The number of rotatable bonds is 4. The summed E-state index contributed by atoms with van der Waals surface area (Å²) in [6.07, 6.45) is 0. The van der Waals surface area contributed by atoms with Crippen molar-refractivity contribution in [3.8, 4) is 0 Å². The van der Waals surface area contributed by atoms with Gasteiger partial charge in [-0.25, -0.2) is 0 Å². The van der Waals surface area contributed by atoms with Crippen molar-refractivity contribution in [2.24, 2.45) is 0 Å². The van der Waals surface area contributed by atoms with Crippen LogP contribution >= 0.6 is 11.1 Å². The fourth-order valence-corrected chi connectivity index (χ4v) is 1.72. The van der Waals surface area contributed by atoms with Crippen LogP contribution in [-0.4, -0.2) is 55.4 Å². The van der Waals surface area contributed by atoms with E-state index in [4.69, 9.17) is 25.7 Å². The number of hydrogen-bond acceptors (Lipinski definition) is 4. The van der Waals surface area contributed by atoms with Gasteiger partial charge in [0.2, 0.25) is 0 Å². The number of hydrogen-bond donors (Lipinski definition) is 3. The summed E-state index contributed by atoms with van der Waals surface area (Å²) in [5.41, 5.74) is -1.62. The van der Waals surface area contributed by atoms with E-state index in [0.29, 0.717) is 11.6 Å². The summed E-state index contributed by atoms with van der Waals surface area (Å²) in [4.78, 5) is 0. The SMILES string of the molecule is CC(C)(C)[Si](C)(C)Cl.CC(C)(O)CO.CC(C)(O)CO[Si](C)(C)C(C)(C)C. The maximum absolute atomic E-state index is 9.54. The Labute approximate surface area is 176 Å². The third-order valence-electron chi connectivity index (χ3n) is 4.76. The van der Waals surface area contributed by atoms with Crippen LogP contribution in [0.3, 0.4) is 0 Å². The van der Waals surface area contributed by atoms with Crippen molar-refractivity contribution in [2.45, 2.75) is 117 Å². The molecule has 0 saturated carbocycles. The van der Waals surface area contributed by atoms with Crippen molar-refractivity contribution in [1.82, 2.24) is 0 Å². The van der Waals surface area contributed by atoms with Gasteiger partial charge < -0.3 is 19.7 Å². The van der Waals surface area contributed by atoms with Crippen LogP contribution in [0.25, 0.3) is 0 Å². The Morgan fingerprint density at radius 3 is 1.07 bits per heavy atom. The van der Waals surface area contributed by atoms with E-state index in [1.54, 1.807) is 27.7 Å². The molecule has 0 fully saturated rings. The first kappa shape index (κ1) is 32.2. The van der Waals surface area contributed by atoms with Gasteiger partial charge in [-0.2, -0.15) is 11.1 Å². The van der Waals surface area contributed by atoms with Crippen LogP contribution in [0.15, 0.2) is 0 Å². The van der Waals surface area contributed by atoms with Crippen LogP contribution < -0.4 is 0 Å². The molecule has 0 aliphatic rings. The van der Waals surface area contributed by atoms with Crippen molar-refractivity contribution >= 4 is 26.8 Å². The quantitative estimate of drug-likeness (QED) is 0.380. The first-order chi connectivity index (χ1) is 11.3. The Hall–Kier alpha value is 0.564. The maximum Gasteiger partial charge on any atom is 0.192 e. The first-order valence-corrected chi connectivity index (χ1v) is 16.6. The van der Waals surface area contributed by atoms with Gasteiger partial charge in [0.1, 0.15) is 0 Å². The second kappa shape index (κ2) is 11.1. The largest absolute Gasteiger partial charge is 0.414 e. The molecule has 0 rings (SSSR count). The first-order valence-electron chi connectivity index (χ1n) is 9.65. The molecule has 0 heterocycles. The highest BCUT2D eigenvalue weighted by atomic mass is 35.6. The lowest BCUT2D eigenvalue weighted by Gasteiger charge is -2.37. The van der Waals surface area contributed by atoms with Crippen LogP contribution in [0.2, 0.25) is 36.3 Å². The minimum absolute atomic E-state index is 0.174. The topological polar surface area (TPSA) is 69.9 Å². The molecule has 0 aliphatic carbocycles. The number of halogens is 1. The molecular weight excluding hydrogens is 396 g/mol. The van der Waals surface area contributed by atoms with E-state index in [0.717, 1.165) is 0 Å². The molecule has 0 aromatic rings. The average molecular weight is 445 g/mol. The molecule has 0 aromatic heterocycles. The molecule has 0 aliphatic heterocycles. The second-order valence-corrected chi connectivity index (χ2v) is 23.6. The van der Waals surface area contributed by atoms with E-state index < -0.39 is 26.9 Å². The minimum atomic E-state index is -1.67. The van der Waals surface area contributed by atoms with Crippen LogP contribution in [0.1, 0.15) is 69.2 Å². The summed E-state index contributed by atoms with van der Waals surface area (Å²) in [6.45, 7) is 28.8. The summed E-state index contributed by atoms with van der Waals surface area (Å²) >= 11 is 6.15. The smallest absolute Gasteiger partial charge is 0.192 e. The van der Waals surface area contributed by atoms with E-state index in [1.165, 1.54) is 0 Å².